The molecule has 6 heteroatoms. The van der Waals surface area contributed by atoms with Gasteiger partial charge in [-0.25, -0.2) is 4.98 Å². The van der Waals surface area contributed by atoms with Crippen molar-refractivity contribution in [2.45, 2.75) is 32.1 Å². The van der Waals surface area contributed by atoms with E-state index in [1.165, 1.54) is 5.56 Å². The normalized spacial score (nSPS) is 17.1. The Kier molecular flexibility index (Phi) is 5.79. The molecule has 0 bridgehead atoms. The van der Waals surface area contributed by atoms with Crippen LogP contribution in [0.1, 0.15) is 41.6 Å². The molecule has 0 spiro atoms. The Morgan fingerprint density at radius 3 is 2.38 bits per heavy atom. The molecule has 2 heterocycles. The second kappa shape index (κ2) is 8.64. The first kappa shape index (κ1) is 19.4. The van der Waals surface area contributed by atoms with Crippen LogP contribution in [0.15, 0.2) is 42.6 Å². The number of benzene rings is 1. The maximum Gasteiger partial charge on any atom is 0.255 e. The average molecular weight is 393 g/mol. The smallest absolute Gasteiger partial charge is 0.255 e. The van der Waals surface area contributed by atoms with Crippen molar-refractivity contribution in [3.05, 3.63) is 53.7 Å². The highest BCUT2D eigenvalue weighted by molar-refractivity contribution is 6.04. The van der Waals surface area contributed by atoms with E-state index >= 15 is 0 Å². The van der Waals surface area contributed by atoms with Gasteiger partial charge in [0.1, 0.15) is 0 Å². The third-order valence-corrected chi connectivity index (χ3v) is 5.80. The van der Waals surface area contributed by atoms with E-state index in [4.69, 9.17) is 4.74 Å². The molecule has 2 aromatic rings. The van der Waals surface area contributed by atoms with Crippen molar-refractivity contribution in [1.29, 1.82) is 0 Å². The van der Waals surface area contributed by atoms with Crippen LogP contribution in [0.2, 0.25) is 0 Å². The lowest BCUT2D eigenvalue weighted by Crippen LogP contribution is -2.39. The van der Waals surface area contributed by atoms with Crippen molar-refractivity contribution in [1.82, 2.24) is 9.88 Å². The number of pyridine rings is 1. The first-order valence-electron chi connectivity index (χ1n) is 10.3. The quantitative estimate of drug-likeness (QED) is 0.815. The number of hydrogen-bond acceptors (Lipinski definition) is 4. The fourth-order valence-corrected chi connectivity index (χ4v) is 3.85. The molecule has 1 aliphatic heterocycles. The van der Waals surface area contributed by atoms with E-state index < -0.39 is 0 Å². The van der Waals surface area contributed by atoms with Crippen LogP contribution in [0.4, 0.5) is 5.69 Å². The number of amides is 2. The first-order valence-corrected chi connectivity index (χ1v) is 10.3. The molecule has 4 rings (SSSR count). The number of hydrogen-bond donors (Lipinski definition) is 1. The molecule has 1 N–H and O–H groups in total. The lowest BCUT2D eigenvalue weighted by Gasteiger charge is -2.32. The van der Waals surface area contributed by atoms with Gasteiger partial charge in [0.05, 0.1) is 19.0 Å². The number of carbonyl (C=O) groups excluding carboxylic acids is 2. The van der Waals surface area contributed by atoms with Gasteiger partial charge in [-0.3, -0.25) is 9.59 Å². The lowest BCUT2D eigenvalue weighted by molar-refractivity contribution is -0.133. The molecule has 2 fully saturated rings. The molecule has 1 saturated carbocycles. The summed E-state index contributed by atoms with van der Waals surface area (Å²) in [4.78, 5) is 30.7. The SMILES string of the molecule is COc1ccc(NC(=O)c2ccc(CC3CCN(C(=O)C4CC4)CC3)cc2)cn1. The van der Waals surface area contributed by atoms with E-state index in [0.29, 0.717) is 34.9 Å². The van der Waals surface area contributed by atoms with Crippen molar-refractivity contribution < 1.29 is 14.3 Å². The maximum absolute atomic E-state index is 12.4. The molecule has 6 nitrogen and oxygen atoms in total. The molecular weight excluding hydrogens is 366 g/mol. The Balaban J connectivity index is 1.27. The van der Waals surface area contributed by atoms with E-state index in [0.717, 1.165) is 45.2 Å². The Bertz CT molecular complexity index is 852. The van der Waals surface area contributed by atoms with Gasteiger partial charge in [0, 0.05) is 30.6 Å². The van der Waals surface area contributed by atoms with Gasteiger partial charge in [0.2, 0.25) is 11.8 Å². The minimum atomic E-state index is -0.157. The lowest BCUT2D eigenvalue weighted by atomic mass is 9.89. The number of nitrogens with zero attached hydrogens (tertiary/aromatic N) is 2. The van der Waals surface area contributed by atoms with Gasteiger partial charge in [-0.15, -0.1) is 0 Å². The Morgan fingerprint density at radius 2 is 1.79 bits per heavy atom. The number of aromatic nitrogens is 1. The fourth-order valence-electron chi connectivity index (χ4n) is 3.85. The molecule has 1 aromatic carbocycles. The molecular formula is C23H27N3O3. The maximum atomic E-state index is 12.4. The molecule has 29 heavy (non-hydrogen) atoms. The Labute approximate surface area is 171 Å². The predicted octanol–water partition coefficient (Wildman–Crippen LogP) is 3.53. The summed E-state index contributed by atoms with van der Waals surface area (Å²) in [6.45, 7) is 1.77. The summed E-state index contributed by atoms with van der Waals surface area (Å²) < 4.78 is 5.02. The topological polar surface area (TPSA) is 71.5 Å². The molecule has 1 saturated heterocycles. The van der Waals surface area contributed by atoms with Gasteiger partial charge in [0.15, 0.2) is 0 Å². The van der Waals surface area contributed by atoms with Crippen molar-refractivity contribution in [2.24, 2.45) is 11.8 Å². The summed E-state index contributed by atoms with van der Waals surface area (Å²) >= 11 is 0. The highest BCUT2D eigenvalue weighted by atomic mass is 16.5. The van der Waals surface area contributed by atoms with Crippen LogP contribution in [0, 0.1) is 11.8 Å². The molecule has 0 unspecified atom stereocenters. The molecule has 2 amide bonds. The highest BCUT2D eigenvalue weighted by Gasteiger charge is 2.34. The first-order chi connectivity index (χ1) is 14.1. The molecule has 2 aliphatic rings. The van der Waals surface area contributed by atoms with E-state index in [9.17, 15) is 9.59 Å². The summed E-state index contributed by atoms with van der Waals surface area (Å²) in [5.41, 5.74) is 2.49. The van der Waals surface area contributed by atoms with Crippen molar-refractivity contribution in [3.63, 3.8) is 0 Å². The number of ether oxygens (including phenoxy) is 1. The highest BCUT2D eigenvalue weighted by Crippen LogP contribution is 2.33. The van der Waals surface area contributed by atoms with Crippen molar-refractivity contribution >= 4 is 17.5 Å². The van der Waals surface area contributed by atoms with Gasteiger partial charge < -0.3 is 15.0 Å². The van der Waals surface area contributed by atoms with Crippen LogP contribution in [0.25, 0.3) is 0 Å². The summed E-state index contributed by atoms with van der Waals surface area (Å²) in [6, 6.07) is 11.3. The summed E-state index contributed by atoms with van der Waals surface area (Å²) in [5, 5.41) is 2.85. The number of carbonyl (C=O) groups is 2. The molecule has 1 aliphatic carbocycles. The average Bonchev–Trinajstić information content (AvgIpc) is 3.60. The second-order valence-corrected chi connectivity index (χ2v) is 7.99. The van der Waals surface area contributed by atoms with E-state index in [-0.39, 0.29) is 5.91 Å². The number of nitrogens with one attached hydrogen (secondary N) is 1. The van der Waals surface area contributed by atoms with E-state index in [2.05, 4.69) is 15.2 Å². The molecule has 152 valence electrons. The molecule has 0 atom stereocenters. The summed E-state index contributed by atoms with van der Waals surface area (Å²) in [5.74, 6) is 1.64. The van der Waals surface area contributed by atoms with Crippen LogP contribution < -0.4 is 10.1 Å². The zero-order valence-electron chi connectivity index (χ0n) is 16.8. The number of anilines is 1. The standard InChI is InChI=1S/C23H27N3O3/c1-29-21-9-8-20(15-24-21)25-22(27)18-4-2-16(3-5-18)14-17-10-12-26(13-11-17)23(28)19-6-7-19/h2-5,8-9,15,17,19H,6-7,10-14H2,1H3,(H,25,27). The number of piperidine rings is 1. The number of methoxy groups -OCH3 is 1. The minimum absolute atomic E-state index is 0.157. The monoisotopic (exact) mass is 393 g/mol. The van der Waals surface area contributed by atoms with Gasteiger partial charge >= 0.3 is 0 Å². The Morgan fingerprint density at radius 1 is 1.07 bits per heavy atom. The largest absolute Gasteiger partial charge is 0.481 e. The van der Waals surface area contributed by atoms with E-state index in [1.54, 1.807) is 25.4 Å². The molecule has 0 radical (unpaired) electrons. The number of likely N-dealkylation sites (tertiary alicyclic amines) is 1. The van der Waals surface area contributed by atoms with Crippen LogP contribution in [-0.2, 0) is 11.2 Å². The predicted molar refractivity (Wildman–Crippen MR) is 111 cm³/mol. The Hall–Kier alpha value is -2.89. The van der Waals surface area contributed by atoms with Crippen LogP contribution >= 0.6 is 0 Å². The zero-order valence-corrected chi connectivity index (χ0v) is 16.8. The van der Waals surface area contributed by atoms with Crippen LogP contribution in [-0.4, -0.2) is 41.9 Å². The van der Waals surface area contributed by atoms with Gasteiger partial charge in [-0.2, -0.15) is 0 Å². The van der Waals surface area contributed by atoms with Gasteiger partial charge in [-0.05, 0) is 61.8 Å². The fraction of sp³-hybridized carbons (Fsp3) is 0.435. The third-order valence-electron chi connectivity index (χ3n) is 5.80. The molecule has 1 aromatic heterocycles. The van der Waals surface area contributed by atoms with Crippen LogP contribution in [0.5, 0.6) is 5.88 Å². The van der Waals surface area contributed by atoms with Gasteiger partial charge in [0.25, 0.3) is 5.91 Å². The summed E-state index contributed by atoms with van der Waals surface area (Å²) in [6.07, 6.45) is 6.85. The van der Waals surface area contributed by atoms with Crippen molar-refractivity contribution in [3.8, 4) is 5.88 Å². The second-order valence-electron chi connectivity index (χ2n) is 7.99. The van der Waals surface area contributed by atoms with E-state index in [1.807, 2.05) is 24.3 Å². The zero-order chi connectivity index (χ0) is 20.2. The minimum Gasteiger partial charge on any atom is -0.481 e. The number of rotatable bonds is 6. The van der Waals surface area contributed by atoms with Crippen LogP contribution in [0.3, 0.4) is 0 Å². The third kappa shape index (κ3) is 4.94. The summed E-state index contributed by atoms with van der Waals surface area (Å²) in [7, 11) is 1.55. The van der Waals surface area contributed by atoms with Crippen molar-refractivity contribution in [2.75, 3.05) is 25.5 Å². The van der Waals surface area contributed by atoms with Gasteiger partial charge in [-0.1, -0.05) is 12.1 Å².